The standard InChI is InChI=1S/C15H22ClN/c1-4-15(3)12(10-14(15)17-5-2)11-8-6-7-9-13(11)16/h6-9,12,14,17H,4-5,10H2,1-3H3. The van der Waals surface area contributed by atoms with Gasteiger partial charge in [0.05, 0.1) is 0 Å². The van der Waals surface area contributed by atoms with Crippen LogP contribution in [0.15, 0.2) is 24.3 Å². The van der Waals surface area contributed by atoms with E-state index in [0.717, 1.165) is 11.6 Å². The molecule has 3 unspecified atom stereocenters. The summed E-state index contributed by atoms with van der Waals surface area (Å²) < 4.78 is 0. The Hall–Kier alpha value is -0.530. The minimum atomic E-state index is 0.348. The molecule has 1 aliphatic carbocycles. The molecule has 1 aromatic rings. The molecule has 0 aliphatic heterocycles. The smallest absolute Gasteiger partial charge is 0.0441 e. The Morgan fingerprint density at radius 3 is 2.65 bits per heavy atom. The highest BCUT2D eigenvalue weighted by molar-refractivity contribution is 6.31. The van der Waals surface area contributed by atoms with Gasteiger partial charge in [-0.05, 0) is 42.3 Å². The van der Waals surface area contributed by atoms with Crippen LogP contribution in [-0.4, -0.2) is 12.6 Å². The zero-order valence-electron chi connectivity index (χ0n) is 11.0. The summed E-state index contributed by atoms with van der Waals surface area (Å²) in [7, 11) is 0. The average Bonchev–Trinajstić information content (AvgIpc) is 2.34. The van der Waals surface area contributed by atoms with Crippen molar-refractivity contribution < 1.29 is 0 Å². The molecule has 2 rings (SSSR count). The molecule has 1 fully saturated rings. The minimum Gasteiger partial charge on any atom is -0.314 e. The molecule has 17 heavy (non-hydrogen) atoms. The van der Waals surface area contributed by atoms with Crippen LogP contribution in [0, 0.1) is 5.41 Å². The lowest BCUT2D eigenvalue weighted by atomic mass is 9.54. The second-order valence-corrected chi connectivity index (χ2v) is 5.69. The van der Waals surface area contributed by atoms with E-state index >= 15 is 0 Å². The first-order valence-electron chi connectivity index (χ1n) is 6.61. The summed E-state index contributed by atoms with van der Waals surface area (Å²) in [5, 5.41) is 4.52. The molecule has 0 bridgehead atoms. The molecule has 1 aliphatic rings. The van der Waals surface area contributed by atoms with Gasteiger partial charge in [0.2, 0.25) is 0 Å². The maximum absolute atomic E-state index is 6.32. The average molecular weight is 252 g/mol. The highest BCUT2D eigenvalue weighted by Gasteiger charge is 2.50. The van der Waals surface area contributed by atoms with Crippen LogP contribution in [0.25, 0.3) is 0 Å². The molecule has 1 nitrogen and oxygen atoms in total. The molecule has 0 radical (unpaired) electrons. The second-order valence-electron chi connectivity index (χ2n) is 5.28. The maximum Gasteiger partial charge on any atom is 0.0441 e. The third-order valence-corrected chi connectivity index (χ3v) is 4.90. The number of hydrogen-bond donors (Lipinski definition) is 1. The van der Waals surface area contributed by atoms with Gasteiger partial charge in [0.15, 0.2) is 0 Å². The molecule has 0 amide bonds. The Bertz CT molecular complexity index is 390. The minimum absolute atomic E-state index is 0.348. The maximum atomic E-state index is 6.32. The topological polar surface area (TPSA) is 12.0 Å². The first kappa shape index (κ1) is 12.9. The lowest BCUT2D eigenvalue weighted by Gasteiger charge is -2.55. The van der Waals surface area contributed by atoms with Crippen LogP contribution in [0.2, 0.25) is 5.02 Å². The van der Waals surface area contributed by atoms with Gasteiger partial charge in [-0.1, -0.05) is 50.6 Å². The number of rotatable bonds is 4. The highest BCUT2D eigenvalue weighted by atomic mass is 35.5. The first-order chi connectivity index (χ1) is 8.13. The second kappa shape index (κ2) is 4.99. The summed E-state index contributed by atoms with van der Waals surface area (Å²) in [5.41, 5.74) is 1.67. The van der Waals surface area contributed by atoms with E-state index in [0.29, 0.717) is 17.4 Å². The summed E-state index contributed by atoms with van der Waals surface area (Å²) in [5.74, 6) is 0.602. The van der Waals surface area contributed by atoms with Crippen LogP contribution < -0.4 is 5.32 Å². The molecule has 1 N–H and O–H groups in total. The quantitative estimate of drug-likeness (QED) is 0.845. The van der Waals surface area contributed by atoms with Crippen LogP contribution in [-0.2, 0) is 0 Å². The fraction of sp³-hybridized carbons (Fsp3) is 0.600. The fourth-order valence-corrected chi connectivity index (χ4v) is 3.42. The monoisotopic (exact) mass is 251 g/mol. The summed E-state index contributed by atoms with van der Waals surface area (Å²) in [4.78, 5) is 0. The van der Waals surface area contributed by atoms with Crippen molar-refractivity contribution in [2.24, 2.45) is 5.41 Å². The van der Waals surface area contributed by atoms with Crippen LogP contribution in [0.3, 0.4) is 0 Å². The molecule has 0 spiro atoms. The molecule has 0 heterocycles. The van der Waals surface area contributed by atoms with Gasteiger partial charge in [0, 0.05) is 11.1 Å². The lowest BCUT2D eigenvalue weighted by Crippen LogP contribution is -2.56. The number of halogens is 1. The number of nitrogens with one attached hydrogen (secondary N) is 1. The first-order valence-corrected chi connectivity index (χ1v) is 6.99. The van der Waals surface area contributed by atoms with Gasteiger partial charge in [-0.3, -0.25) is 0 Å². The van der Waals surface area contributed by atoms with E-state index in [-0.39, 0.29) is 0 Å². The molecule has 0 saturated heterocycles. The lowest BCUT2D eigenvalue weighted by molar-refractivity contribution is 0.0456. The predicted molar refractivity (Wildman–Crippen MR) is 74.7 cm³/mol. The van der Waals surface area contributed by atoms with E-state index in [1.807, 2.05) is 12.1 Å². The third kappa shape index (κ3) is 2.11. The van der Waals surface area contributed by atoms with E-state index in [9.17, 15) is 0 Å². The molecule has 2 heteroatoms. The van der Waals surface area contributed by atoms with Gasteiger partial charge in [0.1, 0.15) is 0 Å². The number of hydrogen-bond acceptors (Lipinski definition) is 1. The van der Waals surface area contributed by atoms with Crippen molar-refractivity contribution in [1.82, 2.24) is 5.32 Å². The molecule has 0 aromatic heterocycles. The zero-order chi connectivity index (χ0) is 12.5. The van der Waals surface area contributed by atoms with E-state index in [4.69, 9.17) is 11.6 Å². The van der Waals surface area contributed by atoms with Gasteiger partial charge in [0.25, 0.3) is 0 Å². The van der Waals surface area contributed by atoms with Gasteiger partial charge in [-0.25, -0.2) is 0 Å². The summed E-state index contributed by atoms with van der Waals surface area (Å²) in [6, 6.07) is 8.93. The Kier molecular flexibility index (Phi) is 3.79. The van der Waals surface area contributed by atoms with Crippen molar-refractivity contribution in [3.63, 3.8) is 0 Å². The van der Waals surface area contributed by atoms with Crippen molar-refractivity contribution in [2.75, 3.05) is 6.54 Å². The Balaban J connectivity index is 2.22. The van der Waals surface area contributed by atoms with Gasteiger partial charge in [-0.2, -0.15) is 0 Å². The van der Waals surface area contributed by atoms with Crippen molar-refractivity contribution in [3.05, 3.63) is 34.9 Å². The van der Waals surface area contributed by atoms with Gasteiger partial charge in [-0.15, -0.1) is 0 Å². The van der Waals surface area contributed by atoms with Crippen LogP contribution in [0.5, 0.6) is 0 Å². The number of benzene rings is 1. The summed E-state index contributed by atoms with van der Waals surface area (Å²) in [6.07, 6.45) is 2.41. The Labute approximate surface area is 110 Å². The Morgan fingerprint density at radius 1 is 1.35 bits per heavy atom. The largest absolute Gasteiger partial charge is 0.314 e. The van der Waals surface area contributed by atoms with Gasteiger partial charge >= 0.3 is 0 Å². The normalized spacial score (nSPS) is 32.2. The molecule has 94 valence electrons. The van der Waals surface area contributed by atoms with E-state index in [2.05, 4.69) is 38.2 Å². The molecular weight excluding hydrogens is 230 g/mol. The highest BCUT2D eigenvalue weighted by Crippen LogP contribution is 2.55. The SMILES string of the molecule is CCNC1CC(c2ccccc2Cl)C1(C)CC. The molecular formula is C15H22ClN. The molecule has 1 aromatic carbocycles. The predicted octanol–water partition coefficient (Wildman–Crippen LogP) is 4.22. The summed E-state index contributed by atoms with van der Waals surface area (Å²) in [6.45, 7) is 7.90. The van der Waals surface area contributed by atoms with Crippen molar-refractivity contribution >= 4 is 11.6 Å². The zero-order valence-corrected chi connectivity index (χ0v) is 11.7. The molecule has 1 saturated carbocycles. The van der Waals surface area contributed by atoms with Crippen LogP contribution in [0.4, 0.5) is 0 Å². The van der Waals surface area contributed by atoms with Crippen molar-refractivity contribution in [1.29, 1.82) is 0 Å². The van der Waals surface area contributed by atoms with Crippen molar-refractivity contribution in [3.8, 4) is 0 Å². The van der Waals surface area contributed by atoms with Crippen LogP contribution in [0.1, 0.15) is 45.1 Å². The summed E-state index contributed by atoms with van der Waals surface area (Å²) >= 11 is 6.32. The molecule has 3 atom stereocenters. The Morgan fingerprint density at radius 2 is 2.06 bits per heavy atom. The van der Waals surface area contributed by atoms with Crippen molar-refractivity contribution in [2.45, 2.75) is 45.6 Å². The van der Waals surface area contributed by atoms with Gasteiger partial charge < -0.3 is 5.32 Å². The van der Waals surface area contributed by atoms with E-state index in [1.165, 1.54) is 18.4 Å². The fourth-order valence-electron chi connectivity index (χ4n) is 3.15. The third-order valence-electron chi connectivity index (χ3n) is 4.56. The van der Waals surface area contributed by atoms with Crippen LogP contribution >= 0.6 is 11.6 Å². The van der Waals surface area contributed by atoms with E-state index in [1.54, 1.807) is 0 Å². The van der Waals surface area contributed by atoms with E-state index < -0.39 is 0 Å².